The van der Waals surface area contributed by atoms with Crippen LogP contribution in [0.1, 0.15) is 30.7 Å². The summed E-state index contributed by atoms with van der Waals surface area (Å²) < 4.78 is 28.9. The van der Waals surface area contributed by atoms with Crippen LogP contribution in [0.15, 0.2) is 53.4 Å². The van der Waals surface area contributed by atoms with Crippen LogP contribution < -0.4 is 5.32 Å². The van der Waals surface area contributed by atoms with Gasteiger partial charge in [-0.1, -0.05) is 12.1 Å². The second kappa shape index (κ2) is 7.62. The Morgan fingerprint density at radius 2 is 1.93 bits per heavy atom. The highest BCUT2D eigenvalue weighted by molar-refractivity contribution is 7.89. The normalized spacial score (nSPS) is 18.2. The smallest absolute Gasteiger partial charge is 0.243 e. The Hall–Kier alpha value is -2.29. The van der Waals surface area contributed by atoms with Gasteiger partial charge in [0.05, 0.1) is 20.1 Å². The van der Waals surface area contributed by atoms with Crippen LogP contribution in [0.2, 0.25) is 0 Å². The fourth-order valence-electron chi connectivity index (χ4n) is 3.49. The third-order valence-corrected chi connectivity index (χ3v) is 7.93. The van der Waals surface area contributed by atoms with Gasteiger partial charge in [0.25, 0.3) is 0 Å². The van der Waals surface area contributed by atoms with Crippen molar-refractivity contribution in [3.8, 4) is 0 Å². The minimum atomic E-state index is -3.58. The van der Waals surface area contributed by atoms with E-state index in [0.29, 0.717) is 18.8 Å². The lowest BCUT2D eigenvalue weighted by Gasteiger charge is -2.31. The summed E-state index contributed by atoms with van der Waals surface area (Å²) in [6, 6.07) is 14.3. The minimum absolute atomic E-state index is 0.111. The fraction of sp³-hybridized carbons (Fsp3) is 0.300. The van der Waals surface area contributed by atoms with Crippen LogP contribution in [-0.4, -0.2) is 36.7 Å². The first kappa shape index (κ1) is 19.0. The first-order valence-electron chi connectivity index (χ1n) is 9.17. The molecule has 1 aliphatic heterocycles. The highest BCUT2D eigenvalue weighted by Gasteiger charge is 2.32. The first-order valence-corrected chi connectivity index (χ1v) is 11.4. The summed E-state index contributed by atoms with van der Waals surface area (Å²) in [5, 5.41) is 3.65. The fourth-order valence-corrected chi connectivity index (χ4v) is 6.11. The molecule has 0 radical (unpaired) electrons. The van der Waals surface area contributed by atoms with Crippen LogP contribution in [-0.2, 0) is 14.8 Å². The Labute approximate surface area is 168 Å². The third kappa shape index (κ3) is 3.80. The van der Waals surface area contributed by atoms with E-state index in [1.54, 1.807) is 39.9 Å². The van der Waals surface area contributed by atoms with E-state index in [0.717, 1.165) is 28.1 Å². The zero-order chi connectivity index (χ0) is 19.7. The molecular formula is C20H21N3O3S2. The van der Waals surface area contributed by atoms with Crippen LogP contribution in [0.3, 0.4) is 0 Å². The second-order valence-corrected chi connectivity index (χ2v) is 9.93. The van der Waals surface area contributed by atoms with Crippen molar-refractivity contribution in [2.45, 2.75) is 30.6 Å². The molecule has 28 heavy (non-hydrogen) atoms. The number of nitrogens with zero attached hydrogens (tertiary/aromatic N) is 2. The second-order valence-electron chi connectivity index (χ2n) is 6.93. The summed E-state index contributed by atoms with van der Waals surface area (Å²) in [6.45, 7) is 2.37. The van der Waals surface area contributed by atoms with Gasteiger partial charge in [-0.3, -0.25) is 4.79 Å². The summed E-state index contributed by atoms with van der Waals surface area (Å²) in [6.07, 6.45) is 1.75. The summed E-state index contributed by atoms with van der Waals surface area (Å²) in [7, 11) is -3.58. The van der Waals surface area contributed by atoms with E-state index < -0.39 is 10.0 Å². The van der Waals surface area contributed by atoms with E-state index in [1.165, 1.54) is 6.92 Å². The number of hydrogen-bond acceptors (Lipinski definition) is 5. The maximum absolute atomic E-state index is 13.1. The van der Waals surface area contributed by atoms with Crippen molar-refractivity contribution in [1.29, 1.82) is 0 Å². The molecule has 1 saturated heterocycles. The lowest BCUT2D eigenvalue weighted by molar-refractivity contribution is -0.114. The van der Waals surface area contributed by atoms with Crippen molar-refractivity contribution in [3.63, 3.8) is 0 Å². The Morgan fingerprint density at radius 3 is 2.64 bits per heavy atom. The number of rotatable bonds is 4. The number of para-hydroxylation sites is 1. The maximum Gasteiger partial charge on any atom is 0.243 e. The van der Waals surface area contributed by atoms with Gasteiger partial charge in [0.15, 0.2) is 0 Å². The summed E-state index contributed by atoms with van der Waals surface area (Å²) >= 11 is 1.65. The van der Waals surface area contributed by atoms with E-state index in [2.05, 4.69) is 5.32 Å². The number of benzene rings is 2. The van der Waals surface area contributed by atoms with Crippen molar-refractivity contribution in [1.82, 2.24) is 9.29 Å². The van der Waals surface area contributed by atoms with E-state index in [4.69, 9.17) is 4.98 Å². The molecule has 1 fully saturated rings. The zero-order valence-corrected chi connectivity index (χ0v) is 17.1. The largest absolute Gasteiger partial charge is 0.326 e. The summed E-state index contributed by atoms with van der Waals surface area (Å²) in [4.78, 5) is 16.1. The van der Waals surface area contributed by atoms with Gasteiger partial charge in [-0.15, -0.1) is 11.3 Å². The number of amides is 1. The van der Waals surface area contributed by atoms with Crippen molar-refractivity contribution in [2.24, 2.45) is 0 Å². The van der Waals surface area contributed by atoms with Crippen LogP contribution in [0, 0.1) is 0 Å². The molecule has 1 aromatic heterocycles. The van der Waals surface area contributed by atoms with Gasteiger partial charge in [-0.2, -0.15) is 4.31 Å². The van der Waals surface area contributed by atoms with E-state index >= 15 is 0 Å². The topological polar surface area (TPSA) is 79.4 Å². The summed E-state index contributed by atoms with van der Waals surface area (Å²) in [5.74, 6) is -0.0788. The lowest BCUT2D eigenvalue weighted by Crippen LogP contribution is -2.39. The van der Waals surface area contributed by atoms with E-state index in [9.17, 15) is 13.2 Å². The van der Waals surface area contributed by atoms with Gasteiger partial charge in [0.1, 0.15) is 0 Å². The first-order chi connectivity index (χ1) is 13.4. The van der Waals surface area contributed by atoms with Crippen LogP contribution in [0.25, 0.3) is 10.2 Å². The number of thiazole rings is 1. The number of anilines is 1. The minimum Gasteiger partial charge on any atom is -0.326 e. The number of sulfonamides is 1. The Balaban J connectivity index is 1.55. The molecule has 4 rings (SSSR count). The average molecular weight is 416 g/mol. The summed E-state index contributed by atoms with van der Waals surface area (Å²) in [5.41, 5.74) is 1.55. The molecule has 8 heteroatoms. The molecule has 2 aromatic carbocycles. The standard InChI is InChI=1S/C20H21N3O3S2/c1-14(24)21-16-8-10-17(11-9-16)28(25,26)23-12-4-5-15(13-23)20-22-18-6-2-3-7-19(18)27-20/h2-3,6-11,15H,4-5,12-13H2,1H3,(H,21,24)/t15-/m1/s1. The van der Waals surface area contributed by atoms with Gasteiger partial charge in [0.2, 0.25) is 15.9 Å². The molecule has 1 amide bonds. The molecule has 2 heterocycles. The van der Waals surface area contributed by atoms with Crippen molar-refractivity contribution >= 4 is 43.2 Å². The molecule has 1 aliphatic rings. The Bertz CT molecular complexity index is 1070. The van der Waals surface area contributed by atoms with Gasteiger partial charge >= 0.3 is 0 Å². The van der Waals surface area contributed by atoms with Crippen molar-refractivity contribution in [2.75, 3.05) is 18.4 Å². The van der Waals surface area contributed by atoms with Gasteiger partial charge in [0, 0.05) is 31.6 Å². The monoisotopic (exact) mass is 415 g/mol. The number of piperidine rings is 1. The molecule has 1 atom stereocenters. The van der Waals surface area contributed by atoms with E-state index in [1.807, 2.05) is 24.3 Å². The number of aromatic nitrogens is 1. The molecule has 1 N–H and O–H groups in total. The Morgan fingerprint density at radius 1 is 1.18 bits per heavy atom. The maximum atomic E-state index is 13.1. The Kier molecular flexibility index (Phi) is 5.18. The number of carbonyl (C=O) groups is 1. The molecule has 146 valence electrons. The number of nitrogens with one attached hydrogen (secondary N) is 1. The molecule has 3 aromatic rings. The van der Waals surface area contributed by atoms with Crippen molar-refractivity contribution < 1.29 is 13.2 Å². The molecule has 6 nitrogen and oxygen atoms in total. The van der Waals surface area contributed by atoms with Gasteiger partial charge in [-0.25, -0.2) is 13.4 Å². The molecular weight excluding hydrogens is 394 g/mol. The number of hydrogen-bond donors (Lipinski definition) is 1. The van der Waals surface area contributed by atoms with Gasteiger partial charge in [-0.05, 0) is 49.2 Å². The molecule has 0 bridgehead atoms. The quantitative estimate of drug-likeness (QED) is 0.702. The predicted octanol–water partition coefficient (Wildman–Crippen LogP) is 3.82. The van der Waals surface area contributed by atoms with E-state index in [-0.39, 0.29) is 16.7 Å². The van der Waals surface area contributed by atoms with Gasteiger partial charge < -0.3 is 5.32 Å². The number of fused-ring (bicyclic) bond motifs is 1. The molecule has 0 aliphatic carbocycles. The van der Waals surface area contributed by atoms with Crippen molar-refractivity contribution in [3.05, 3.63) is 53.5 Å². The highest BCUT2D eigenvalue weighted by Crippen LogP contribution is 2.34. The SMILES string of the molecule is CC(=O)Nc1ccc(S(=O)(=O)N2CCC[C@@H](c3nc4ccccc4s3)C2)cc1. The highest BCUT2D eigenvalue weighted by atomic mass is 32.2. The lowest BCUT2D eigenvalue weighted by atomic mass is 10.0. The third-order valence-electron chi connectivity index (χ3n) is 4.86. The predicted molar refractivity (Wildman–Crippen MR) is 111 cm³/mol. The zero-order valence-electron chi connectivity index (χ0n) is 15.5. The van der Waals surface area contributed by atoms with Crippen LogP contribution in [0.4, 0.5) is 5.69 Å². The number of carbonyl (C=O) groups excluding carboxylic acids is 1. The molecule has 0 spiro atoms. The molecule has 0 unspecified atom stereocenters. The molecule has 0 saturated carbocycles. The average Bonchev–Trinajstić information content (AvgIpc) is 3.12. The van der Waals surface area contributed by atoms with Crippen LogP contribution >= 0.6 is 11.3 Å². The van der Waals surface area contributed by atoms with Crippen LogP contribution in [0.5, 0.6) is 0 Å².